The van der Waals surface area contributed by atoms with Gasteiger partial charge in [-0.3, -0.25) is 14.5 Å². The molecule has 3 aliphatic rings. The first-order chi connectivity index (χ1) is 26.8. The van der Waals surface area contributed by atoms with Crippen LogP contribution in [0.25, 0.3) is 10.9 Å². The normalized spacial score (nSPS) is 18.7. The van der Waals surface area contributed by atoms with Gasteiger partial charge in [0, 0.05) is 31.1 Å². The molecule has 3 aliphatic heterocycles. The maximum Gasteiger partial charge on any atom is 0.408 e. The van der Waals surface area contributed by atoms with E-state index in [0.717, 1.165) is 50.0 Å². The van der Waals surface area contributed by atoms with E-state index in [-0.39, 0.29) is 42.2 Å². The van der Waals surface area contributed by atoms with Crippen molar-refractivity contribution < 1.29 is 33.7 Å². The quantitative estimate of drug-likeness (QED) is 0.0740. The fraction of sp³-hybridized carbons (Fsp3) is 0.357. The van der Waals surface area contributed by atoms with Gasteiger partial charge in [-0.1, -0.05) is 48.5 Å². The molecule has 2 aromatic heterocycles. The number of pyridine rings is 1. The molecule has 8 rings (SSSR count). The summed E-state index contributed by atoms with van der Waals surface area (Å²) < 4.78 is 17.8. The first-order valence-corrected chi connectivity index (χ1v) is 18.9. The molecule has 3 aromatic carbocycles. The number of nitrogens with one attached hydrogen (secondary N) is 4. The smallest absolute Gasteiger partial charge is 0.408 e. The minimum Gasteiger partial charge on any atom is -0.506 e. The summed E-state index contributed by atoms with van der Waals surface area (Å²) in [7, 11) is 0. The fourth-order valence-corrected chi connectivity index (χ4v) is 7.42. The van der Waals surface area contributed by atoms with Crippen molar-refractivity contribution in [3.05, 3.63) is 130 Å². The Hall–Kier alpha value is -5.63. The van der Waals surface area contributed by atoms with Crippen LogP contribution in [0.2, 0.25) is 0 Å². The van der Waals surface area contributed by atoms with Crippen molar-refractivity contribution in [2.45, 2.75) is 50.5 Å². The predicted octanol–water partition coefficient (Wildman–Crippen LogP) is 5.15. The number of amides is 2. The zero-order valence-electron chi connectivity index (χ0n) is 30.5. The summed E-state index contributed by atoms with van der Waals surface area (Å²) in [5, 5.41) is 30.6. The van der Waals surface area contributed by atoms with E-state index in [4.69, 9.17) is 13.9 Å². The molecule has 2 amide bonds. The molecular formula is C42H47N5O8. The number of phenols is 1. The number of furan rings is 1. The van der Waals surface area contributed by atoms with Crippen LogP contribution in [0.4, 0.5) is 4.79 Å². The van der Waals surface area contributed by atoms with Crippen LogP contribution in [0, 0.1) is 5.92 Å². The molecule has 1 unspecified atom stereocenters. The van der Waals surface area contributed by atoms with Crippen LogP contribution in [0.5, 0.6) is 11.5 Å². The van der Waals surface area contributed by atoms with Gasteiger partial charge < -0.3 is 45.0 Å². The van der Waals surface area contributed by atoms with Crippen LogP contribution >= 0.6 is 0 Å². The Balaban J connectivity index is 0.849. The van der Waals surface area contributed by atoms with E-state index in [9.17, 15) is 24.6 Å². The summed E-state index contributed by atoms with van der Waals surface area (Å²) in [5.74, 6) is 1.30. The summed E-state index contributed by atoms with van der Waals surface area (Å²) >= 11 is 0. The minimum absolute atomic E-state index is 0.0545. The van der Waals surface area contributed by atoms with E-state index in [1.807, 2.05) is 54.6 Å². The Morgan fingerprint density at radius 1 is 0.927 bits per heavy atom. The topological polar surface area (TPSA) is 178 Å². The number of aromatic amines is 1. The summed E-state index contributed by atoms with van der Waals surface area (Å²) in [6, 6.07) is 26.2. The number of aromatic nitrogens is 1. The highest BCUT2D eigenvalue weighted by atomic mass is 16.6. The van der Waals surface area contributed by atoms with Gasteiger partial charge in [-0.05, 0) is 104 Å². The van der Waals surface area contributed by atoms with Gasteiger partial charge in [-0.25, -0.2) is 4.79 Å². The molecule has 13 nitrogen and oxygen atoms in total. The lowest BCUT2D eigenvalue weighted by Crippen LogP contribution is -2.52. The number of piperidine rings is 3. The number of alkyl carbamates (subject to hydrolysis) is 1. The third kappa shape index (κ3) is 9.55. The van der Waals surface area contributed by atoms with Crippen molar-refractivity contribution in [3.8, 4) is 11.5 Å². The van der Waals surface area contributed by atoms with E-state index in [0.29, 0.717) is 53.4 Å². The van der Waals surface area contributed by atoms with Crippen molar-refractivity contribution in [2.24, 2.45) is 5.92 Å². The lowest BCUT2D eigenvalue weighted by atomic mass is 9.86. The Morgan fingerprint density at radius 2 is 1.73 bits per heavy atom. The van der Waals surface area contributed by atoms with Gasteiger partial charge in [0.25, 0.3) is 5.91 Å². The summed E-state index contributed by atoms with van der Waals surface area (Å²) in [6.07, 6.45) is 2.21. The summed E-state index contributed by atoms with van der Waals surface area (Å²) in [5.41, 5.74) is 2.32. The molecule has 13 heteroatoms. The van der Waals surface area contributed by atoms with Gasteiger partial charge in [-0.15, -0.1) is 0 Å². The standard InChI is InChI=1S/C42H47N5O8/c48-34-14-12-32(33-13-16-38(50)45-40(33)34)35(49)24-43-19-4-5-20-44-41(51)36-15-11-31(54-36)26-53-30-10-6-9-29(23-30)39(28-7-2-1-3-8-28)46-42(52)55-37-25-47-21-17-27(37)18-22-47/h1-3,6-16,23,27,35,37,39,43,48-49H,4-5,17-22,24-26H2,(H,44,51)(H,45,50)(H,46,52)/t35-,37+,39?/m1/s1. The SMILES string of the molecule is O=C(NC(c1ccccc1)c1cccc(OCc2ccc(C(=O)NCCCCNC[C@@H](O)c3ccc(O)c4[nH]c(=O)ccc34)o2)c1)O[C@H]1CN2CCC1CC2. The number of rotatable bonds is 16. The first kappa shape index (κ1) is 37.7. The van der Waals surface area contributed by atoms with Crippen molar-refractivity contribution in [3.63, 3.8) is 0 Å². The molecule has 0 radical (unpaired) electrons. The number of carbonyl (C=O) groups is 2. The van der Waals surface area contributed by atoms with Gasteiger partial charge in [0.05, 0.1) is 17.7 Å². The number of aromatic hydroxyl groups is 1. The molecule has 3 fully saturated rings. The number of hydrogen-bond donors (Lipinski definition) is 6. The highest BCUT2D eigenvalue weighted by molar-refractivity contribution is 5.91. The molecule has 3 saturated heterocycles. The number of H-pyrrole nitrogens is 1. The third-order valence-electron chi connectivity index (χ3n) is 10.4. The van der Waals surface area contributed by atoms with Crippen molar-refractivity contribution in [1.29, 1.82) is 0 Å². The van der Waals surface area contributed by atoms with Crippen LogP contribution in [0.15, 0.2) is 100 Å². The molecule has 5 heterocycles. The number of aliphatic hydroxyl groups is 1. The summed E-state index contributed by atoms with van der Waals surface area (Å²) in [6.45, 7) is 4.39. The molecule has 3 atom stereocenters. The molecule has 5 aromatic rings. The zero-order chi connectivity index (χ0) is 38.1. The number of benzene rings is 3. The van der Waals surface area contributed by atoms with Gasteiger partial charge in [0.2, 0.25) is 5.56 Å². The van der Waals surface area contributed by atoms with Gasteiger partial charge in [-0.2, -0.15) is 0 Å². The van der Waals surface area contributed by atoms with E-state index >= 15 is 0 Å². The zero-order valence-corrected chi connectivity index (χ0v) is 30.5. The lowest BCUT2D eigenvalue weighted by molar-refractivity contribution is -0.0336. The minimum atomic E-state index is -0.840. The number of aliphatic hydroxyl groups excluding tert-OH is 1. The molecule has 0 spiro atoms. The Bertz CT molecular complexity index is 2130. The van der Waals surface area contributed by atoms with E-state index in [1.165, 1.54) is 12.1 Å². The second-order valence-electron chi connectivity index (χ2n) is 14.2. The number of unbranched alkanes of at least 4 members (excludes halogenated alkanes) is 1. The number of nitrogens with zero attached hydrogens (tertiary/aromatic N) is 1. The number of ether oxygens (including phenoxy) is 2. The monoisotopic (exact) mass is 749 g/mol. The average molecular weight is 750 g/mol. The van der Waals surface area contributed by atoms with E-state index < -0.39 is 18.2 Å². The van der Waals surface area contributed by atoms with Crippen molar-refractivity contribution in [2.75, 3.05) is 39.3 Å². The van der Waals surface area contributed by atoms with Crippen LogP contribution in [-0.4, -0.2) is 77.5 Å². The predicted molar refractivity (Wildman–Crippen MR) is 206 cm³/mol. The van der Waals surface area contributed by atoms with Crippen LogP contribution in [0.1, 0.15) is 70.8 Å². The summed E-state index contributed by atoms with van der Waals surface area (Å²) in [4.78, 5) is 42.6. The molecular weight excluding hydrogens is 702 g/mol. The Morgan fingerprint density at radius 3 is 2.53 bits per heavy atom. The Kier molecular flexibility index (Phi) is 12.1. The molecule has 288 valence electrons. The van der Waals surface area contributed by atoms with Crippen LogP contribution in [0.3, 0.4) is 0 Å². The Labute approximate surface area is 318 Å². The second-order valence-corrected chi connectivity index (χ2v) is 14.2. The van der Waals surface area contributed by atoms with E-state index in [2.05, 4.69) is 25.8 Å². The van der Waals surface area contributed by atoms with Gasteiger partial charge in [0.1, 0.15) is 30.0 Å². The first-order valence-electron chi connectivity index (χ1n) is 18.9. The average Bonchev–Trinajstić information content (AvgIpc) is 3.69. The number of phenolic OH excluding ortho intramolecular Hbond substituents is 1. The molecule has 6 N–H and O–H groups in total. The lowest BCUT2D eigenvalue weighted by Gasteiger charge is -2.43. The molecule has 0 aliphatic carbocycles. The maximum atomic E-state index is 13.2. The van der Waals surface area contributed by atoms with Crippen molar-refractivity contribution >= 4 is 22.9 Å². The van der Waals surface area contributed by atoms with Crippen molar-refractivity contribution in [1.82, 2.24) is 25.8 Å². The van der Waals surface area contributed by atoms with Gasteiger partial charge >= 0.3 is 6.09 Å². The highest BCUT2D eigenvalue weighted by Crippen LogP contribution is 2.31. The highest BCUT2D eigenvalue weighted by Gasteiger charge is 2.37. The second kappa shape index (κ2) is 17.7. The third-order valence-corrected chi connectivity index (χ3v) is 10.4. The molecule has 0 saturated carbocycles. The van der Waals surface area contributed by atoms with E-state index in [1.54, 1.807) is 24.3 Å². The maximum absolute atomic E-state index is 13.2. The number of carbonyl (C=O) groups excluding carboxylic acids is 2. The number of hydrogen-bond acceptors (Lipinski definition) is 10. The fourth-order valence-electron chi connectivity index (χ4n) is 7.42. The van der Waals surface area contributed by atoms with Crippen LogP contribution in [-0.2, 0) is 11.3 Å². The number of fused-ring (bicyclic) bond motifs is 4. The van der Waals surface area contributed by atoms with Crippen LogP contribution < -0.4 is 26.2 Å². The molecule has 2 bridgehead atoms. The largest absolute Gasteiger partial charge is 0.506 e. The van der Waals surface area contributed by atoms with Gasteiger partial charge in [0.15, 0.2) is 5.76 Å². The molecule has 55 heavy (non-hydrogen) atoms.